The van der Waals surface area contributed by atoms with E-state index in [9.17, 15) is 4.79 Å². The van der Waals surface area contributed by atoms with Crippen molar-refractivity contribution in [3.05, 3.63) is 24.0 Å². The van der Waals surface area contributed by atoms with Gasteiger partial charge in [0.05, 0.1) is 5.92 Å². The van der Waals surface area contributed by atoms with E-state index in [1.165, 1.54) is 18.5 Å². The number of hydrogen-bond donors (Lipinski definition) is 1. The summed E-state index contributed by atoms with van der Waals surface area (Å²) < 4.78 is 0. The van der Waals surface area contributed by atoms with E-state index < -0.39 is 5.97 Å². The number of anilines is 1. The molecule has 0 radical (unpaired) electrons. The van der Waals surface area contributed by atoms with Crippen LogP contribution in [0.2, 0.25) is 0 Å². The average molecular weight is 234 g/mol. The van der Waals surface area contributed by atoms with Crippen molar-refractivity contribution in [2.24, 2.45) is 5.92 Å². The van der Waals surface area contributed by atoms with Crippen molar-refractivity contribution in [2.75, 3.05) is 18.0 Å². The Kier molecular flexibility index (Phi) is 3.61. The van der Waals surface area contributed by atoms with Crippen LogP contribution in [0.4, 0.5) is 5.69 Å². The quantitative estimate of drug-likeness (QED) is 0.865. The number of pyridine rings is 1. The number of hydrogen-bond acceptors (Lipinski definition) is 3. The second-order valence-corrected chi connectivity index (χ2v) is 4.64. The molecule has 0 aromatic carbocycles. The van der Waals surface area contributed by atoms with Gasteiger partial charge >= 0.3 is 5.97 Å². The molecule has 0 aliphatic carbocycles. The minimum atomic E-state index is -0.765. The van der Waals surface area contributed by atoms with Gasteiger partial charge in [-0.3, -0.25) is 9.78 Å². The summed E-state index contributed by atoms with van der Waals surface area (Å²) in [4.78, 5) is 17.4. The molecule has 0 spiro atoms. The van der Waals surface area contributed by atoms with Gasteiger partial charge in [0.15, 0.2) is 0 Å². The Bertz CT molecular complexity index is 400. The first-order chi connectivity index (χ1) is 8.16. The Morgan fingerprint density at radius 3 is 2.88 bits per heavy atom. The molecule has 2 rings (SSSR count). The van der Waals surface area contributed by atoms with Gasteiger partial charge in [0.2, 0.25) is 0 Å². The van der Waals surface area contributed by atoms with Crippen LogP contribution in [0.3, 0.4) is 0 Å². The SMILES string of the molecule is CC(Cc1cc(N2CCCC2)ccn1)C(=O)O. The lowest BCUT2D eigenvalue weighted by atomic mass is 10.1. The smallest absolute Gasteiger partial charge is 0.306 e. The fourth-order valence-electron chi connectivity index (χ4n) is 2.15. The van der Waals surface area contributed by atoms with Crippen molar-refractivity contribution in [2.45, 2.75) is 26.2 Å². The number of rotatable bonds is 4. The molecule has 0 bridgehead atoms. The summed E-state index contributed by atoms with van der Waals surface area (Å²) in [5.41, 5.74) is 2.04. The Labute approximate surface area is 101 Å². The van der Waals surface area contributed by atoms with Crippen molar-refractivity contribution < 1.29 is 9.90 Å². The zero-order valence-corrected chi connectivity index (χ0v) is 10.1. The summed E-state index contributed by atoms with van der Waals surface area (Å²) in [6, 6.07) is 4.02. The van der Waals surface area contributed by atoms with Crippen LogP contribution in [0.15, 0.2) is 18.3 Å². The highest BCUT2D eigenvalue weighted by Gasteiger charge is 2.15. The standard InChI is InChI=1S/C13H18N2O2/c1-10(13(16)17)8-11-9-12(4-5-14-11)15-6-2-3-7-15/h4-5,9-10H,2-3,6-8H2,1H3,(H,16,17). The van der Waals surface area contributed by atoms with Gasteiger partial charge in [-0.05, 0) is 25.0 Å². The van der Waals surface area contributed by atoms with E-state index in [1.54, 1.807) is 13.1 Å². The monoisotopic (exact) mass is 234 g/mol. The van der Waals surface area contributed by atoms with Gasteiger partial charge < -0.3 is 10.0 Å². The van der Waals surface area contributed by atoms with E-state index in [0.29, 0.717) is 6.42 Å². The van der Waals surface area contributed by atoms with Crippen molar-refractivity contribution in [3.8, 4) is 0 Å². The molecule has 1 aromatic rings. The molecule has 1 fully saturated rings. The first-order valence-electron chi connectivity index (χ1n) is 6.09. The van der Waals surface area contributed by atoms with E-state index in [1.807, 2.05) is 12.1 Å². The predicted molar refractivity (Wildman–Crippen MR) is 66.2 cm³/mol. The predicted octanol–water partition coefficient (Wildman–Crippen LogP) is 1.95. The molecule has 1 saturated heterocycles. The number of carbonyl (C=O) groups is 1. The van der Waals surface area contributed by atoms with E-state index in [0.717, 1.165) is 18.8 Å². The number of nitrogens with zero attached hydrogens (tertiary/aromatic N) is 2. The van der Waals surface area contributed by atoms with E-state index in [2.05, 4.69) is 9.88 Å². The Hall–Kier alpha value is -1.58. The third-order valence-electron chi connectivity index (χ3n) is 3.21. The minimum absolute atomic E-state index is 0.378. The summed E-state index contributed by atoms with van der Waals surface area (Å²) >= 11 is 0. The molecule has 2 heterocycles. The first kappa shape index (κ1) is 11.9. The van der Waals surface area contributed by atoms with Crippen LogP contribution in [-0.4, -0.2) is 29.1 Å². The van der Waals surface area contributed by atoms with Gasteiger partial charge in [-0.1, -0.05) is 6.92 Å². The fraction of sp³-hybridized carbons (Fsp3) is 0.538. The van der Waals surface area contributed by atoms with E-state index >= 15 is 0 Å². The molecule has 17 heavy (non-hydrogen) atoms. The fourth-order valence-corrected chi connectivity index (χ4v) is 2.15. The first-order valence-corrected chi connectivity index (χ1v) is 6.09. The molecule has 4 heteroatoms. The van der Waals surface area contributed by atoms with Gasteiger partial charge in [-0.15, -0.1) is 0 Å². The summed E-state index contributed by atoms with van der Waals surface area (Å²) in [5.74, 6) is -1.14. The van der Waals surface area contributed by atoms with Crippen LogP contribution in [-0.2, 0) is 11.2 Å². The van der Waals surface area contributed by atoms with Gasteiger partial charge in [-0.2, -0.15) is 0 Å². The third kappa shape index (κ3) is 2.96. The molecule has 0 amide bonds. The minimum Gasteiger partial charge on any atom is -0.481 e. The molecule has 0 saturated carbocycles. The highest BCUT2D eigenvalue weighted by molar-refractivity contribution is 5.69. The van der Waals surface area contributed by atoms with Gasteiger partial charge in [-0.25, -0.2) is 0 Å². The van der Waals surface area contributed by atoms with Crippen molar-refractivity contribution in [1.29, 1.82) is 0 Å². The second kappa shape index (κ2) is 5.17. The zero-order valence-electron chi connectivity index (χ0n) is 10.1. The number of carboxylic acids is 1. The highest BCUT2D eigenvalue weighted by atomic mass is 16.4. The topological polar surface area (TPSA) is 53.4 Å². The molecule has 1 aliphatic rings. The van der Waals surface area contributed by atoms with Crippen LogP contribution in [0, 0.1) is 5.92 Å². The van der Waals surface area contributed by atoms with Crippen molar-refractivity contribution >= 4 is 11.7 Å². The number of carboxylic acid groups (broad SMARTS) is 1. The van der Waals surface area contributed by atoms with Crippen LogP contribution < -0.4 is 4.90 Å². The molecular formula is C13H18N2O2. The van der Waals surface area contributed by atoms with Gasteiger partial charge in [0, 0.05) is 37.1 Å². The lowest BCUT2D eigenvalue weighted by molar-refractivity contribution is -0.141. The van der Waals surface area contributed by atoms with Crippen molar-refractivity contribution in [1.82, 2.24) is 4.98 Å². The maximum atomic E-state index is 10.8. The molecule has 1 aliphatic heterocycles. The average Bonchev–Trinajstić information content (AvgIpc) is 2.82. The molecule has 1 N–H and O–H groups in total. The molecule has 1 aromatic heterocycles. The Morgan fingerprint density at radius 2 is 2.24 bits per heavy atom. The van der Waals surface area contributed by atoms with Crippen LogP contribution in [0.1, 0.15) is 25.5 Å². The summed E-state index contributed by atoms with van der Waals surface area (Å²) in [6.45, 7) is 3.91. The lowest BCUT2D eigenvalue weighted by Crippen LogP contribution is -2.18. The number of aliphatic carboxylic acids is 1. The second-order valence-electron chi connectivity index (χ2n) is 4.64. The third-order valence-corrected chi connectivity index (χ3v) is 3.21. The van der Waals surface area contributed by atoms with E-state index in [4.69, 9.17) is 5.11 Å². The van der Waals surface area contributed by atoms with Crippen LogP contribution in [0.25, 0.3) is 0 Å². The van der Waals surface area contributed by atoms with E-state index in [-0.39, 0.29) is 5.92 Å². The lowest BCUT2D eigenvalue weighted by Gasteiger charge is -2.18. The summed E-state index contributed by atoms with van der Waals surface area (Å²) in [6.07, 6.45) is 4.75. The Balaban J connectivity index is 2.08. The molecule has 92 valence electrons. The number of aromatic nitrogens is 1. The summed E-state index contributed by atoms with van der Waals surface area (Å²) in [7, 11) is 0. The van der Waals surface area contributed by atoms with Crippen molar-refractivity contribution in [3.63, 3.8) is 0 Å². The molecule has 1 unspecified atom stereocenters. The normalized spacial score (nSPS) is 17.1. The van der Waals surface area contributed by atoms with Gasteiger partial charge in [0.1, 0.15) is 0 Å². The maximum Gasteiger partial charge on any atom is 0.306 e. The Morgan fingerprint density at radius 1 is 1.53 bits per heavy atom. The molecular weight excluding hydrogens is 216 g/mol. The maximum absolute atomic E-state index is 10.8. The highest BCUT2D eigenvalue weighted by Crippen LogP contribution is 2.21. The molecule has 4 nitrogen and oxygen atoms in total. The largest absolute Gasteiger partial charge is 0.481 e. The van der Waals surface area contributed by atoms with Crippen LogP contribution >= 0.6 is 0 Å². The molecule has 1 atom stereocenters. The zero-order chi connectivity index (χ0) is 12.3. The summed E-state index contributed by atoms with van der Waals surface area (Å²) in [5, 5.41) is 8.89. The van der Waals surface area contributed by atoms with Gasteiger partial charge in [0.25, 0.3) is 0 Å². The van der Waals surface area contributed by atoms with Crippen LogP contribution in [0.5, 0.6) is 0 Å².